The summed E-state index contributed by atoms with van der Waals surface area (Å²) in [7, 11) is 2.01. The third-order valence-electron chi connectivity index (χ3n) is 2.31. The zero-order valence-corrected chi connectivity index (χ0v) is 9.58. The summed E-state index contributed by atoms with van der Waals surface area (Å²) in [6, 6.07) is 2.23. The van der Waals surface area contributed by atoms with Gasteiger partial charge in [0.25, 0.3) is 0 Å². The quantitative estimate of drug-likeness (QED) is 0.765. The Hall–Kier alpha value is -0.340. The van der Waals surface area contributed by atoms with Crippen LogP contribution in [0.5, 0.6) is 0 Å². The molecule has 1 rings (SSSR count). The summed E-state index contributed by atoms with van der Waals surface area (Å²) in [5, 5.41) is 7.61. The van der Waals surface area contributed by atoms with E-state index in [9.17, 15) is 0 Å². The number of hydrogen-bond acceptors (Lipinski definition) is 2. The van der Waals surface area contributed by atoms with Gasteiger partial charge in [-0.1, -0.05) is 13.8 Å². The minimum atomic E-state index is 0.421. The summed E-state index contributed by atoms with van der Waals surface area (Å²) in [5.74, 6) is 0. The molecule has 0 unspecified atom stereocenters. The fourth-order valence-electron chi connectivity index (χ4n) is 1.50. The Morgan fingerprint density at radius 2 is 2.23 bits per heavy atom. The van der Waals surface area contributed by atoms with E-state index < -0.39 is 0 Å². The first-order chi connectivity index (χ1) is 6.14. The highest BCUT2D eigenvalue weighted by molar-refractivity contribution is 7.07. The van der Waals surface area contributed by atoms with Gasteiger partial charge >= 0.3 is 0 Å². The smallest absolute Gasteiger partial charge is 0.00467 e. The number of rotatable bonds is 5. The molecule has 0 bridgehead atoms. The van der Waals surface area contributed by atoms with Crippen molar-refractivity contribution in [3.05, 3.63) is 22.4 Å². The Morgan fingerprint density at radius 3 is 2.77 bits per heavy atom. The minimum Gasteiger partial charge on any atom is -0.320 e. The second-order valence-electron chi connectivity index (χ2n) is 4.33. The van der Waals surface area contributed by atoms with Gasteiger partial charge in [0.1, 0.15) is 0 Å². The molecule has 0 saturated heterocycles. The van der Waals surface area contributed by atoms with Gasteiger partial charge in [0.2, 0.25) is 0 Å². The summed E-state index contributed by atoms with van der Waals surface area (Å²) in [6.45, 7) is 5.78. The standard InChI is InChI=1S/C11H19NS/c1-11(2,5-6-12-3)8-10-4-7-13-9-10/h4,7,9,12H,5-6,8H2,1-3H3. The lowest BCUT2D eigenvalue weighted by Crippen LogP contribution is -2.21. The van der Waals surface area contributed by atoms with Gasteiger partial charge in [0.15, 0.2) is 0 Å². The van der Waals surface area contributed by atoms with Crippen LogP contribution in [-0.2, 0) is 6.42 Å². The van der Waals surface area contributed by atoms with Crippen molar-refractivity contribution < 1.29 is 0 Å². The molecule has 1 aromatic rings. The normalized spacial score (nSPS) is 11.9. The number of thiophene rings is 1. The molecule has 1 aromatic heterocycles. The lowest BCUT2D eigenvalue weighted by atomic mass is 9.83. The summed E-state index contributed by atoms with van der Waals surface area (Å²) in [6.07, 6.45) is 2.43. The van der Waals surface area contributed by atoms with Crippen LogP contribution in [-0.4, -0.2) is 13.6 Å². The molecule has 0 fully saturated rings. The molecule has 1 N–H and O–H groups in total. The fourth-order valence-corrected chi connectivity index (χ4v) is 2.17. The van der Waals surface area contributed by atoms with E-state index in [1.807, 2.05) is 7.05 Å². The van der Waals surface area contributed by atoms with Crippen LogP contribution in [0.3, 0.4) is 0 Å². The lowest BCUT2D eigenvalue weighted by Gasteiger charge is -2.23. The van der Waals surface area contributed by atoms with Gasteiger partial charge in [0.05, 0.1) is 0 Å². The third-order valence-corrected chi connectivity index (χ3v) is 3.05. The maximum atomic E-state index is 3.21. The summed E-state index contributed by atoms with van der Waals surface area (Å²) in [5.41, 5.74) is 1.90. The molecule has 1 heterocycles. The van der Waals surface area contributed by atoms with Gasteiger partial charge < -0.3 is 5.32 Å². The van der Waals surface area contributed by atoms with Gasteiger partial charge in [-0.2, -0.15) is 11.3 Å². The molecule has 1 nitrogen and oxygen atoms in total. The average molecular weight is 197 g/mol. The molecular formula is C11H19NS. The van der Waals surface area contributed by atoms with Crippen LogP contribution in [0.15, 0.2) is 16.8 Å². The summed E-state index contributed by atoms with van der Waals surface area (Å²) >= 11 is 1.79. The van der Waals surface area contributed by atoms with Crippen LogP contribution in [0.4, 0.5) is 0 Å². The Bertz CT molecular complexity index is 226. The monoisotopic (exact) mass is 197 g/mol. The van der Waals surface area contributed by atoms with Gasteiger partial charge in [-0.05, 0) is 54.2 Å². The van der Waals surface area contributed by atoms with Crippen LogP contribution in [0, 0.1) is 5.41 Å². The zero-order valence-electron chi connectivity index (χ0n) is 8.76. The molecule has 0 aromatic carbocycles. The Kier molecular flexibility index (Phi) is 3.94. The second kappa shape index (κ2) is 4.77. The van der Waals surface area contributed by atoms with E-state index >= 15 is 0 Å². The van der Waals surface area contributed by atoms with Crippen molar-refractivity contribution in [1.82, 2.24) is 5.32 Å². The van der Waals surface area contributed by atoms with E-state index in [-0.39, 0.29) is 0 Å². The Morgan fingerprint density at radius 1 is 1.46 bits per heavy atom. The molecule has 0 aliphatic carbocycles. The van der Waals surface area contributed by atoms with Gasteiger partial charge in [-0.15, -0.1) is 0 Å². The highest BCUT2D eigenvalue weighted by atomic mass is 32.1. The third kappa shape index (κ3) is 3.92. The first kappa shape index (κ1) is 10.7. The zero-order chi connectivity index (χ0) is 9.73. The van der Waals surface area contributed by atoms with Gasteiger partial charge in [0, 0.05) is 0 Å². The van der Waals surface area contributed by atoms with Crippen LogP contribution >= 0.6 is 11.3 Å². The second-order valence-corrected chi connectivity index (χ2v) is 5.11. The highest BCUT2D eigenvalue weighted by Crippen LogP contribution is 2.26. The number of nitrogens with one attached hydrogen (secondary N) is 1. The van der Waals surface area contributed by atoms with E-state index in [4.69, 9.17) is 0 Å². The van der Waals surface area contributed by atoms with Crippen molar-refractivity contribution >= 4 is 11.3 Å². The topological polar surface area (TPSA) is 12.0 Å². The Balaban J connectivity index is 2.42. The first-order valence-corrected chi connectivity index (χ1v) is 5.74. The predicted molar refractivity (Wildman–Crippen MR) is 60.3 cm³/mol. The van der Waals surface area contributed by atoms with Crippen molar-refractivity contribution in [1.29, 1.82) is 0 Å². The SMILES string of the molecule is CNCCC(C)(C)Cc1ccsc1. The van der Waals surface area contributed by atoms with E-state index in [2.05, 4.69) is 36.0 Å². The van der Waals surface area contributed by atoms with Crippen molar-refractivity contribution in [2.45, 2.75) is 26.7 Å². The molecule has 0 saturated carbocycles. The molecule has 0 spiro atoms. The van der Waals surface area contributed by atoms with Crippen molar-refractivity contribution in [2.24, 2.45) is 5.41 Å². The predicted octanol–water partition coefficient (Wildman–Crippen LogP) is 2.93. The van der Waals surface area contributed by atoms with Crippen LogP contribution in [0.2, 0.25) is 0 Å². The van der Waals surface area contributed by atoms with E-state index in [0.29, 0.717) is 5.41 Å². The molecule has 0 atom stereocenters. The van der Waals surface area contributed by atoms with Crippen LogP contribution < -0.4 is 5.32 Å². The van der Waals surface area contributed by atoms with Crippen molar-refractivity contribution in [3.63, 3.8) is 0 Å². The van der Waals surface area contributed by atoms with Crippen molar-refractivity contribution in [3.8, 4) is 0 Å². The summed E-state index contributed by atoms with van der Waals surface area (Å²) in [4.78, 5) is 0. The molecular weight excluding hydrogens is 178 g/mol. The maximum absolute atomic E-state index is 3.21. The van der Waals surface area contributed by atoms with Crippen LogP contribution in [0.1, 0.15) is 25.8 Å². The number of hydrogen-bond donors (Lipinski definition) is 1. The fraction of sp³-hybridized carbons (Fsp3) is 0.636. The highest BCUT2D eigenvalue weighted by Gasteiger charge is 2.17. The molecule has 13 heavy (non-hydrogen) atoms. The van der Waals surface area contributed by atoms with Gasteiger partial charge in [-0.25, -0.2) is 0 Å². The van der Waals surface area contributed by atoms with E-state index in [1.54, 1.807) is 11.3 Å². The van der Waals surface area contributed by atoms with E-state index in [1.165, 1.54) is 18.4 Å². The summed E-state index contributed by atoms with van der Waals surface area (Å²) < 4.78 is 0. The van der Waals surface area contributed by atoms with Crippen LogP contribution in [0.25, 0.3) is 0 Å². The molecule has 2 heteroatoms. The first-order valence-electron chi connectivity index (χ1n) is 4.80. The van der Waals surface area contributed by atoms with Gasteiger partial charge in [-0.3, -0.25) is 0 Å². The molecule has 0 aliphatic heterocycles. The molecule has 0 radical (unpaired) electrons. The Labute approximate surface area is 85.2 Å². The molecule has 74 valence electrons. The van der Waals surface area contributed by atoms with Crippen molar-refractivity contribution in [2.75, 3.05) is 13.6 Å². The molecule has 0 amide bonds. The lowest BCUT2D eigenvalue weighted by molar-refractivity contribution is 0.330. The minimum absolute atomic E-state index is 0.421. The largest absolute Gasteiger partial charge is 0.320 e. The maximum Gasteiger partial charge on any atom is -0.00467 e. The average Bonchev–Trinajstić information content (AvgIpc) is 2.52. The molecule has 0 aliphatic rings. The van der Waals surface area contributed by atoms with E-state index in [0.717, 1.165) is 6.54 Å².